The summed E-state index contributed by atoms with van der Waals surface area (Å²) >= 11 is 5.46. The lowest BCUT2D eigenvalue weighted by Gasteiger charge is -2.01. The van der Waals surface area contributed by atoms with E-state index in [1.807, 2.05) is 18.2 Å². The molecule has 1 rings (SSSR count). The summed E-state index contributed by atoms with van der Waals surface area (Å²) in [5.74, 6) is 0.578. The SMILES string of the molecule is ClCCOCCc1ccccc1. The van der Waals surface area contributed by atoms with E-state index in [2.05, 4.69) is 12.1 Å². The number of hydrogen-bond acceptors (Lipinski definition) is 1. The predicted octanol–water partition coefficient (Wildman–Crippen LogP) is 2.48. The number of rotatable bonds is 5. The molecule has 2 heteroatoms. The minimum Gasteiger partial charge on any atom is -0.380 e. The van der Waals surface area contributed by atoms with Gasteiger partial charge in [-0.3, -0.25) is 0 Å². The highest BCUT2D eigenvalue weighted by atomic mass is 35.5. The molecule has 0 radical (unpaired) electrons. The van der Waals surface area contributed by atoms with Crippen molar-refractivity contribution in [3.63, 3.8) is 0 Å². The van der Waals surface area contributed by atoms with Crippen LogP contribution in [0.4, 0.5) is 0 Å². The summed E-state index contributed by atoms with van der Waals surface area (Å²) in [6.45, 7) is 1.41. The number of ether oxygens (including phenoxy) is 1. The summed E-state index contributed by atoms with van der Waals surface area (Å²) < 4.78 is 5.25. The van der Waals surface area contributed by atoms with Gasteiger partial charge in [0, 0.05) is 5.88 Å². The number of benzene rings is 1. The molecule has 1 nitrogen and oxygen atoms in total. The van der Waals surface area contributed by atoms with E-state index >= 15 is 0 Å². The second-order valence-electron chi connectivity index (χ2n) is 2.54. The zero-order valence-electron chi connectivity index (χ0n) is 7.00. The van der Waals surface area contributed by atoms with Crippen LogP contribution < -0.4 is 0 Å². The van der Waals surface area contributed by atoms with Gasteiger partial charge in [-0.2, -0.15) is 0 Å². The van der Waals surface area contributed by atoms with E-state index in [1.54, 1.807) is 0 Å². The van der Waals surface area contributed by atoms with Crippen LogP contribution >= 0.6 is 11.6 Å². The fraction of sp³-hybridized carbons (Fsp3) is 0.400. The molecule has 0 saturated carbocycles. The first-order valence-corrected chi connectivity index (χ1v) is 4.64. The molecule has 0 N–H and O–H groups in total. The average Bonchev–Trinajstić information content (AvgIpc) is 2.14. The van der Waals surface area contributed by atoms with Crippen LogP contribution in [-0.2, 0) is 11.2 Å². The van der Waals surface area contributed by atoms with Crippen molar-refractivity contribution < 1.29 is 4.74 Å². The Labute approximate surface area is 78.3 Å². The van der Waals surface area contributed by atoms with Gasteiger partial charge in [0.2, 0.25) is 0 Å². The summed E-state index contributed by atoms with van der Waals surface area (Å²) in [5, 5.41) is 0. The Bertz CT molecular complexity index is 198. The zero-order valence-corrected chi connectivity index (χ0v) is 7.76. The number of hydrogen-bond donors (Lipinski definition) is 0. The van der Waals surface area contributed by atoms with Gasteiger partial charge in [-0.15, -0.1) is 11.6 Å². The number of halogens is 1. The summed E-state index contributed by atoms with van der Waals surface area (Å²) in [7, 11) is 0. The number of alkyl halides is 1. The van der Waals surface area contributed by atoms with Crippen LogP contribution in [0.5, 0.6) is 0 Å². The first kappa shape index (κ1) is 9.56. The van der Waals surface area contributed by atoms with Crippen molar-refractivity contribution in [2.45, 2.75) is 6.42 Å². The molecule has 0 spiro atoms. The monoisotopic (exact) mass is 184 g/mol. The van der Waals surface area contributed by atoms with Crippen molar-refractivity contribution in [2.24, 2.45) is 0 Å². The third kappa shape index (κ3) is 3.74. The predicted molar refractivity (Wildman–Crippen MR) is 51.7 cm³/mol. The fourth-order valence-electron chi connectivity index (χ4n) is 0.991. The third-order valence-corrected chi connectivity index (χ3v) is 1.75. The van der Waals surface area contributed by atoms with E-state index in [0.717, 1.165) is 13.0 Å². The lowest BCUT2D eigenvalue weighted by Crippen LogP contribution is -2.00. The molecule has 0 unspecified atom stereocenters. The van der Waals surface area contributed by atoms with E-state index in [1.165, 1.54) is 5.56 Å². The maximum atomic E-state index is 5.46. The molecule has 0 aromatic heterocycles. The molecule has 1 aromatic carbocycles. The Kier molecular flexibility index (Phi) is 4.81. The van der Waals surface area contributed by atoms with Crippen LogP contribution in [0, 0.1) is 0 Å². The minimum absolute atomic E-state index is 0.578. The van der Waals surface area contributed by atoms with Crippen molar-refractivity contribution in [3.8, 4) is 0 Å². The van der Waals surface area contributed by atoms with E-state index in [0.29, 0.717) is 12.5 Å². The first-order valence-electron chi connectivity index (χ1n) is 4.11. The normalized spacial score (nSPS) is 10.1. The Morgan fingerprint density at radius 1 is 1.08 bits per heavy atom. The lowest BCUT2D eigenvalue weighted by atomic mass is 10.2. The van der Waals surface area contributed by atoms with Crippen molar-refractivity contribution in [1.82, 2.24) is 0 Å². The maximum absolute atomic E-state index is 5.46. The van der Waals surface area contributed by atoms with Crippen molar-refractivity contribution in [1.29, 1.82) is 0 Å². The van der Waals surface area contributed by atoms with Gasteiger partial charge in [-0.1, -0.05) is 30.3 Å². The smallest absolute Gasteiger partial charge is 0.0601 e. The Morgan fingerprint density at radius 2 is 1.83 bits per heavy atom. The van der Waals surface area contributed by atoms with Gasteiger partial charge in [-0.05, 0) is 12.0 Å². The second-order valence-corrected chi connectivity index (χ2v) is 2.91. The first-order chi connectivity index (χ1) is 5.93. The van der Waals surface area contributed by atoms with Gasteiger partial charge in [0.05, 0.1) is 13.2 Å². The van der Waals surface area contributed by atoms with Crippen LogP contribution in [-0.4, -0.2) is 19.1 Å². The van der Waals surface area contributed by atoms with Gasteiger partial charge in [0.25, 0.3) is 0 Å². The standard InChI is InChI=1S/C10H13ClO/c11-7-9-12-8-6-10-4-2-1-3-5-10/h1-5H,6-9H2. The van der Waals surface area contributed by atoms with Crippen LogP contribution in [0.1, 0.15) is 5.56 Å². The Morgan fingerprint density at radius 3 is 2.50 bits per heavy atom. The highest BCUT2D eigenvalue weighted by molar-refractivity contribution is 6.17. The second kappa shape index (κ2) is 6.04. The highest BCUT2D eigenvalue weighted by Gasteiger charge is 1.90. The molecule has 1 aromatic rings. The van der Waals surface area contributed by atoms with E-state index in [-0.39, 0.29) is 0 Å². The third-order valence-electron chi connectivity index (χ3n) is 1.60. The Hall–Kier alpha value is -0.530. The van der Waals surface area contributed by atoms with E-state index in [4.69, 9.17) is 16.3 Å². The maximum Gasteiger partial charge on any atom is 0.0601 e. The molecule has 0 aliphatic rings. The fourth-order valence-corrected chi connectivity index (χ4v) is 1.10. The molecular weight excluding hydrogens is 172 g/mol. The Balaban J connectivity index is 2.16. The zero-order chi connectivity index (χ0) is 8.65. The summed E-state index contributed by atoms with van der Waals surface area (Å²) in [6, 6.07) is 10.3. The largest absolute Gasteiger partial charge is 0.380 e. The van der Waals surface area contributed by atoms with Crippen molar-refractivity contribution in [3.05, 3.63) is 35.9 Å². The van der Waals surface area contributed by atoms with Crippen molar-refractivity contribution >= 4 is 11.6 Å². The molecule has 0 aliphatic heterocycles. The summed E-state index contributed by atoms with van der Waals surface area (Å²) in [5.41, 5.74) is 1.31. The molecule has 0 saturated heterocycles. The molecule has 0 amide bonds. The van der Waals surface area contributed by atoms with Gasteiger partial charge < -0.3 is 4.74 Å². The quantitative estimate of drug-likeness (QED) is 0.505. The van der Waals surface area contributed by atoms with E-state index in [9.17, 15) is 0 Å². The average molecular weight is 185 g/mol. The van der Waals surface area contributed by atoms with Gasteiger partial charge in [0.1, 0.15) is 0 Å². The molecule has 0 fully saturated rings. The summed E-state index contributed by atoms with van der Waals surface area (Å²) in [4.78, 5) is 0. The molecule has 0 heterocycles. The topological polar surface area (TPSA) is 9.23 Å². The molecule has 12 heavy (non-hydrogen) atoms. The molecular formula is C10H13ClO. The van der Waals surface area contributed by atoms with Crippen LogP contribution in [0.2, 0.25) is 0 Å². The molecule has 0 aliphatic carbocycles. The van der Waals surface area contributed by atoms with Gasteiger partial charge in [-0.25, -0.2) is 0 Å². The van der Waals surface area contributed by atoms with Crippen LogP contribution in [0.15, 0.2) is 30.3 Å². The minimum atomic E-state index is 0.578. The molecule has 0 atom stereocenters. The van der Waals surface area contributed by atoms with E-state index < -0.39 is 0 Å². The molecule has 0 bridgehead atoms. The van der Waals surface area contributed by atoms with Gasteiger partial charge >= 0.3 is 0 Å². The van der Waals surface area contributed by atoms with Crippen LogP contribution in [0.25, 0.3) is 0 Å². The molecule has 66 valence electrons. The highest BCUT2D eigenvalue weighted by Crippen LogP contribution is 1.99. The van der Waals surface area contributed by atoms with Crippen LogP contribution in [0.3, 0.4) is 0 Å². The van der Waals surface area contributed by atoms with Gasteiger partial charge in [0.15, 0.2) is 0 Å². The summed E-state index contributed by atoms with van der Waals surface area (Å²) in [6.07, 6.45) is 0.970. The van der Waals surface area contributed by atoms with Crippen molar-refractivity contribution in [2.75, 3.05) is 19.1 Å². The lowest BCUT2D eigenvalue weighted by molar-refractivity contribution is 0.152.